The van der Waals surface area contributed by atoms with Gasteiger partial charge in [-0.2, -0.15) is 0 Å². The first kappa shape index (κ1) is 11.8. The van der Waals surface area contributed by atoms with Crippen molar-refractivity contribution in [2.24, 2.45) is 11.7 Å². The first-order chi connectivity index (χ1) is 7.02. The van der Waals surface area contributed by atoms with Gasteiger partial charge in [0.05, 0.1) is 0 Å². The fraction of sp³-hybridized carbons (Fsp3) is 0.364. The Kier molecular flexibility index (Phi) is 3.91. The van der Waals surface area contributed by atoms with Crippen molar-refractivity contribution in [3.63, 3.8) is 0 Å². The SMILES string of the molecule is CC(CN)C(=O)Cc1cc(F)cc(F)c1. The number of carbonyl (C=O) groups is 1. The van der Waals surface area contributed by atoms with Crippen LogP contribution in [0.5, 0.6) is 0 Å². The third-order valence-corrected chi connectivity index (χ3v) is 2.20. The van der Waals surface area contributed by atoms with Crippen LogP contribution in [-0.2, 0) is 11.2 Å². The molecule has 0 aromatic heterocycles. The Bertz CT molecular complexity index is 345. The number of hydrogen-bond acceptors (Lipinski definition) is 2. The molecule has 1 atom stereocenters. The van der Waals surface area contributed by atoms with E-state index in [4.69, 9.17) is 5.73 Å². The fourth-order valence-corrected chi connectivity index (χ4v) is 1.22. The lowest BCUT2D eigenvalue weighted by molar-refractivity contribution is -0.121. The third-order valence-electron chi connectivity index (χ3n) is 2.20. The summed E-state index contributed by atoms with van der Waals surface area (Å²) in [5.41, 5.74) is 5.66. The number of Topliss-reactive ketones (excluding diaryl/α,β-unsaturated/α-hetero) is 1. The Morgan fingerprint density at radius 2 is 1.87 bits per heavy atom. The lowest BCUT2D eigenvalue weighted by atomic mass is 9.99. The highest BCUT2D eigenvalue weighted by Gasteiger charge is 2.12. The van der Waals surface area contributed by atoms with Crippen molar-refractivity contribution in [1.29, 1.82) is 0 Å². The van der Waals surface area contributed by atoms with Crippen LogP contribution in [0.1, 0.15) is 12.5 Å². The van der Waals surface area contributed by atoms with E-state index < -0.39 is 11.6 Å². The van der Waals surface area contributed by atoms with Gasteiger partial charge in [0.1, 0.15) is 17.4 Å². The molecule has 0 aliphatic rings. The monoisotopic (exact) mass is 213 g/mol. The summed E-state index contributed by atoms with van der Waals surface area (Å²) in [6.07, 6.45) is 0.0209. The average molecular weight is 213 g/mol. The molecule has 0 aliphatic heterocycles. The minimum atomic E-state index is -0.668. The molecule has 1 unspecified atom stereocenters. The minimum Gasteiger partial charge on any atom is -0.330 e. The van der Waals surface area contributed by atoms with Gasteiger partial charge in [0.25, 0.3) is 0 Å². The van der Waals surface area contributed by atoms with E-state index in [0.29, 0.717) is 5.56 Å². The molecule has 0 saturated carbocycles. The van der Waals surface area contributed by atoms with E-state index in [0.717, 1.165) is 18.2 Å². The molecule has 2 N–H and O–H groups in total. The van der Waals surface area contributed by atoms with Crippen molar-refractivity contribution in [2.45, 2.75) is 13.3 Å². The summed E-state index contributed by atoms with van der Waals surface area (Å²) in [5, 5.41) is 0. The predicted molar refractivity (Wildman–Crippen MR) is 53.3 cm³/mol. The van der Waals surface area contributed by atoms with Gasteiger partial charge in [-0.15, -0.1) is 0 Å². The normalized spacial score (nSPS) is 12.5. The van der Waals surface area contributed by atoms with E-state index >= 15 is 0 Å². The average Bonchev–Trinajstić information content (AvgIpc) is 2.14. The molecule has 0 fully saturated rings. The first-order valence-corrected chi connectivity index (χ1v) is 4.70. The van der Waals surface area contributed by atoms with Crippen LogP contribution < -0.4 is 5.73 Å². The van der Waals surface area contributed by atoms with E-state index in [9.17, 15) is 13.6 Å². The van der Waals surface area contributed by atoms with Crippen molar-refractivity contribution in [2.75, 3.05) is 6.54 Å². The van der Waals surface area contributed by atoms with E-state index in [1.807, 2.05) is 0 Å². The number of hydrogen-bond donors (Lipinski definition) is 1. The lowest BCUT2D eigenvalue weighted by Gasteiger charge is -2.07. The van der Waals surface area contributed by atoms with Crippen LogP contribution in [0.4, 0.5) is 8.78 Å². The standard InChI is InChI=1S/C11H13F2NO/c1-7(6-14)11(15)4-8-2-9(12)5-10(13)3-8/h2-3,5,7H,4,6,14H2,1H3. The predicted octanol–water partition coefficient (Wildman–Crippen LogP) is 1.67. The molecule has 0 amide bonds. The summed E-state index contributed by atoms with van der Waals surface area (Å²) in [6, 6.07) is 3.09. The molecule has 2 nitrogen and oxygen atoms in total. The summed E-state index contributed by atoms with van der Waals surface area (Å²) in [7, 11) is 0. The van der Waals surface area contributed by atoms with Crippen LogP contribution in [0.2, 0.25) is 0 Å². The van der Waals surface area contributed by atoms with Crippen LogP contribution in [0.25, 0.3) is 0 Å². The number of carbonyl (C=O) groups excluding carboxylic acids is 1. The number of halogens is 2. The zero-order valence-corrected chi connectivity index (χ0v) is 8.47. The van der Waals surface area contributed by atoms with Gasteiger partial charge in [0.15, 0.2) is 0 Å². The van der Waals surface area contributed by atoms with Gasteiger partial charge in [-0.05, 0) is 17.7 Å². The van der Waals surface area contributed by atoms with Gasteiger partial charge in [0, 0.05) is 24.9 Å². The Balaban J connectivity index is 2.76. The number of nitrogens with two attached hydrogens (primary N) is 1. The Morgan fingerprint density at radius 1 is 1.33 bits per heavy atom. The highest BCUT2D eigenvalue weighted by molar-refractivity contribution is 5.83. The second-order valence-electron chi connectivity index (χ2n) is 3.56. The quantitative estimate of drug-likeness (QED) is 0.826. The summed E-state index contributed by atoms with van der Waals surface area (Å²) in [5.74, 6) is -1.73. The van der Waals surface area contributed by atoms with Gasteiger partial charge in [-0.1, -0.05) is 6.92 Å². The highest BCUT2D eigenvalue weighted by Crippen LogP contribution is 2.10. The Labute approximate surface area is 87.1 Å². The van der Waals surface area contributed by atoms with Crippen LogP contribution in [0.3, 0.4) is 0 Å². The summed E-state index contributed by atoms with van der Waals surface area (Å²) in [4.78, 5) is 11.4. The van der Waals surface area contributed by atoms with Crippen molar-refractivity contribution in [1.82, 2.24) is 0 Å². The van der Waals surface area contributed by atoms with E-state index in [-0.39, 0.29) is 24.7 Å². The molecule has 82 valence electrons. The van der Waals surface area contributed by atoms with Crippen molar-refractivity contribution >= 4 is 5.78 Å². The lowest BCUT2D eigenvalue weighted by Crippen LogP contribution is -2.22. The zero-order chi connectivity index (χ0) is 11.4. The molecule has 1 aromatic rings. The number of rotatable bonds is 4. The van der Waals surface area contributed by atoms with Gasteiger partial charge in [0.2, 0.25) is 0 Å². The van der Waals surface area contributed by atoms with E-state index in [2.05, 4.69) is 0 Å². The van der Waals surface area contributed by atoms with Crippen molar-refractivity contribution in [3.8, 4) is 0 Å². The maximum absolute atomic E-state index is 12.8. The van der Waals surface area contributed by atoms with Gasteiger partial charge in [-0.25, -0.2) is 8.78 Å². The molecule has 15 heavy (non-hydrogen) atoms. The topological polar surface area (TPSA) is 43.1 Å². The first-order valence-electron chi connectivity index (χ1n) is 4.70. The molecule has 0 spiro atoms. The van der Waals surface area contributed by atoms with Crippen LogP contribution >= 0.6 is 0 Å². The maximum Gasteiger partial charge on any atom is 0.141 e. The zero-order valence-electron chi connectivity index (χ0n) is 8.47. The molecule has 1 rings (SSSR count). The van der Waals surface area contributed by atoms with Crippen LogP contribution in [0.15, 0.2) is 18.2 Å². The molecule has 4 heteroatoms. The van der Waals surface area contributed by atoms with Crippen molar-refractivity contribution in [3.05, 3.63) is 35.4 Å². The Morgan fingerprint density at radius 3 is 2.33 bits per heavy atom. The van der Waals surface area contributed by atoms with Gasteiger partial charge in [-0.3, -0.25) is 4.79 Å². The fourth-order valence-electron chi connectivity index (χ4n) is 1.22. The highest BCUT2D eigenvalue weighted by atomic mass is 19.1. The second kappa shape index (κ2) is 4.98. The molecule has 0 aliphatic carbocycles. The minimum absolute atomic E-state index is 0.0209. The molecule has 0 saturated heterocycles. The van der Waals surface area contributed by atoms with Gasteiger partial charge < -0.3 is 5.73 Å². The van der Waals surface area contributed by atoms with Crippen LogP contribution in [-0.4, -0.2) is 12.3 Å². The molecule has 1 aromatic carbocycles. The Hall–Kier alpha value is -1.29. The number of benzene rings is 1. The molecule has 0 heterocycles. The second-order valence-corrected chi connectivity index (χ2v) is 3.56. The maximum atomic E-state index is 12.8. The largest absolute Gasteiger partial charge is 0.330 e. The third kappa shape index (κ3) is 3.40. The smallest absolute Gasteiger partial charge is 0.141 e. The van der Waals surface area contributed by atoms with E-state index in [1.54, 1.807) is 6.92 Å². The summed E-state index contributed by atoms with van der Waals surface area (Å²) in [6.45, 7) is 1.94. The van der Waals surface area contributed by atoms with Crippen molar-refractivity contribution < 1.29 is 13.6 Å². The summed E-state index contributed by atoms with van der Waals surface area (Å²) >= 11 is 0. The molecular weight excluding hydrogens is 200 g/mol. The molecule has 0 bridgehead atoms. The molecule has 0 radical (unpaired) electrons. The van der Waals surface area contributed by atoms with Crippen LogP contribution in [0, 0.1) is 17.6 Å². The molecular formula is C11H13F2NO. The van der Waals surface area contributed by atoms with E-state index in [1.165, 1.54) is 0 Å². The summed E-state index contributed by atoms with van der Waals surface area (Å²) < 4.78 is 25.6. The number of ketones is 1. The van der Waals surface area contributed by atoms with Gasteiger partial charge >= 0.3 is 0 Å².